The SMILES string of the molecule is CCOC(=O)CN1N=C(CC)C(C)C1=O. The van der Waals surface area contributed by atoms with Crippen LogP contribution in [0.3, 0.4) is 0 Å². The van der Waals surface area contributed by atoms with Crippen LogP contribution in [-0.4, -0.2) is 35.7 Å². The van der Waals surface area contributed by atoms with E-state index in [1.807, 2.05) is 6.92 Å². The summed E-state index contributed by atoms with van der Waals surface area (Å²) in [6, 6.07) is 0. The van der Waals surface area contributed by atoms with Crippen molar-refractivity contribution >= 4 is 17.6 Å². The third-order valence-electron chi connectivity index (χ3n) is 2.32. The Morgan fingerprint density at radius 3 is 2.67 bits per heavy atom. The maximum Gasteiger partial charge on any atom is 0.327 e. The van der Waals surface area contributed by atoms with Crippen molar-refractivity contribution in [3.63, 3.8) is 0 Å². The Labute approximate surface area is 89.1 Å². The highest BCUT2D eigenvalue weighted by Crippen LogP contribution is 2.16. The number of hydrogen-bond acceptors (Lipinski definition) is 4. The molecule has 0 aromatic heterocycles. The number of amides is 1. The fourth-order valence-corrected chi connectivity index (χ4v) is 1.48. The third-order valence-corrected chi connectivity index (χ3v) is 2.32. The van der Waals surface area contributed by atoms with Gasteiger partial charge in [0.05, 0.1) is 18.2 Å². The standard InChI is InChI=1S/C10H16N2O3/c1-4-8-7(3)10(14)12(11-8)6-9(13)15-5-2/h7H,4-6H2,1-3H3. The predicted octanol–water partition coefficient (Wildman–Crippen LogP) is 0.794. The van der Waals surface area contributed by atoms with E-state index in [0.717, 1.165) is 12.1 Å². The van der Waals surface area contributed by atoms with E-state index in [0.29, 0.717) is 6.61 Å². The van der Waals surface area contributed by atoms with Crippen molar-refractivity contribution in [3.05, 3.63) is 0 Å². The van der Waals surface area contributed by atoms with Gasteiger partial charge in [-0.1, -0.05) is 6.92 Å². The Kier molecular flexibility index (Phi) is 3.82. The zero-order chi connectivity index (χ0) is 11.4. The van der Waals surface area contributed by atoms with Crippen molar-refractivity contribution in [3.8, 4) is 0 Å². The van der Waals surface area contributed by atoms with Gasteiger partial charge in [0.25, 0.3) is 5.91 Å². The number of carbonyl (C=O) groups is 2. The van der Waals surface area contributed by atoms with E-state index >= 15 is 0 Å². The lowest BCUT2D eigenvalue weighted by Crippen LogP contribution is -2.31. The lowest BCUT2D eigenvalue weighted by Gasteiger charge is -2.11. The summed E-state index contributed by atoms with van der Waals surface area (Å²) in [5, 5.41) is 5.29. The molecular formula is C10H16N2O3. The molecule has 1 rings (SSSR count). The first-order valence-electron chi connectivity index (χ1n) is 5.14. The first kappa shape index (κ1) is 11.7. The maximum atomic E-state index is 11.6. The van der Waals surface area contributed by atoms with E-state index in [-0.39, 0.29) is 18.4 Å². The number of hydrogen-bond donors (Lipinski definition) is 0. The van der Waals surface area contributed by atoms with Gasteiger partial charge in [-0.05, 0) is 20.3 Å². The molecule has 1 amide bonds. The Bertz CT molecular complexity index is 299. The van der Waals surface area contributed by atoms with Crippen molar-refractivity contribution in [1.82, 2.24) is 5.01 Å². The maximum absolute atomic E-state index is 11.6. The van der Waals surface area contributed by atoms with Crippen LogP contribution in [0.2, 0.25) is 0 Å². The van der Waals surface area contributed by atoms with E-state index in [1.165, 1.54) is 5.01 Å². The number of hydrazone groups is 1. The number of esters is 1. The molecule has 0 radical (unpaired) electrons. The lowest BCUT2D eigenvalue weighted by atomic mass is 10.0. The molecule has 5 nitrogen and oxygen atoms in total. The molecule has 1 aliphatic heterocycles. The average molecular weight is 212 g/mol. The second-order valence-electron chi connectivity index (χ2n) is 3.37. The molecule has 1 atom stereocenters. The molecule has 5 heteroatoms. The second kappa shape index (κ2) is 4.91. The predicted molar refractivity (Wildman–Crippen MR) is 55.2 cm³/mol. The molecule has 0 bridgehead atoms. The molecule has 0 aliphatic carbocycles. The Balaban J connectivity index is 2.60. The highest BCUT2D eigenvalue weighted by Gasteiger charge is 2.32. The molecule has 1 unspecified atom stereocenters. The summed E-state index contributed by atoms with van der Waals surface area (Å²) in [6.07, 6.45) is 0.728. The van der Waals surface area contributed by atoms with Crippen LogP contribution in [0.25, 0.3) is 0 Å². The molecule has 84 valence electrons. The lowest BCUT2D eigenvalue weighted by molar-refractivity contribution is -0.148. The first-order chi connectivity index (χ1) is 7.10. The van der Waals surface area contributed by atoms with Crippen molar-refractivity contribution in [2.75, 3.05) is 13.2 Å². The Hall–Kier alpha value is -1.39. The van der Waals surface area contributed by atoms with E-state index < -0.39 is 5.97 Å². The van der Waals surface area contributed by atoms with Crippen molar-refractivity contribution in [2.45, 2.75) is 27.2 Å². The van der Waals surface area contributed by atoms with Gasteiger partial charge in [-0.2, -0.15) is 5.10 Å². The Morgan fingerprint density at radius 2 is 2.20 bits per heavy atom. The highest BCUT2D eigenvalue weighted by atomic mass is 16.5. The smallest absolute Gasteiger partial charge is 0.327 e. The van der Waals surface area contributed by atoms with E-state index in [1.54, 1.807) is 13.8 Å². The van der Waals surface area contributed by atoms with E-state index in [4.69, 9.17) is 4.74 Å². The van der Waals surface area contributed by atoms with Crippen LogP contribution < -0.4 is 0 Å². The fourth-order valence-electron chi connectivity index (χ4n) is 1.48. The van der Waals surface area contributed by atoms with Crippen LogP contribution >= 0.6 is 0 Å². The van der Waals surface area contributed by atoms with Crippen molar-refractivity contribution < 1.29 is 14.3 Å². The summed E-state index contributed by atoms with van der Waals surface area (Å²) in [7, 11) is 0. The van der Waals surface area contributed by atoms with Gasteiger partial charge in [-0.3, -0.25) is 9.59 Å². The second-order valence-corrected chi connectivity index (χ2v) is 3.37. The van der Waals surface area contributed by atoms with Gasteiger partial charge in [-0.15, -0.1) is 0 Å². The van der Waals surface area contributed by atoms with E-state index in [2.05, 4.69) is 5.10 Å². The molecule has 0 saturated heterocycles. The normalized spacial score (nSPS) is 20.5. The summed E-state index contributed by atoms with van der Waals surface area (Å²) >= 11 is 0. The summed E-state index contributed by atoms with van der Waals surface area (Å²) in [6.45, 7) is 5.71. The molecule has 1 aliphatic rings. The molecule has 1 heterocycles. The van der Waals surface area contributed by atoms with Crippen LogP contribution in [0.15, 0.2) is 5.10 Å². The number of ether oxygens (including phenoxy) is 1. The molecule has 0 aromatic carbocycles. The van der Waals surface area contributed by atoms with Crippen LogP contribution in [0.1, 0.15) is 27.2 Å². The molecule has 0 saturated carbocycles. The van der Waals surface area contributed by atoms with Gasteiger partial charge in [0, 0.05) is 0 Å². The van der Waals surface area contributed by atoms with E-state index in [9.17, 15) is 9.59 Å². The van der Waals surface area contributed by atoms with Crippen LogP contribution in [-0.2, 0) is 14.3 Å². The van der Waals surface area contributed by atoms with Crippen LogP contribution in [0.5, 0.6) is 0 Å². The van der Waals surface area contributed by atoms with Gasteiger partial charge >= 0.3 is 5.97 Å². The summed E-state index contributed by atoms with van der Waals surface area (Å²) < 4.78 is 4.75. The highest BCUT2D eigenvalue weighted by molar-refractivity contribution is 6.08. The van der Waals surface area contributed by atoms with Crippen LogP contribution in [0, 0.1) is 5.92 Å². The molecule has 0 N–H and O–H groups in total. The topological polar surface area (TPSA) is 59.0 Å². The molecule has 0 spiro atoms. The fraction of sp³-hybridized carbons (Fsp3) is 0.700. The number of nitrogens with zero attached hydrogens (tertiary/aromatic N) is 2. The zero-order valence-corrected chi connectivity index (χ0v) is 9.32. The quantitative estimate of drug-likeness (QED) is 0.647. The summed E-state index contributed by atoms with van der Waals surface area (Å²) in [4.78, 5) is 22.8. The Morgan fingerprint density at radius 1 is 1.53 bits per heavy atom. The number of rotatable bonds is 4. The number of carbonyl (C=O) groups excluding carboxylic acids is 2. The van der Waals surface area contributed by atoms with Gasteiger partial charge < -0.3 is 4.74 Å². The minimum Gasteiger partial charge on any atom is -0.465 e. The van der Waals surface area contributed by atoms with Gasteiger partial charge in [0.1, 0.15) is 6.54 Å². The minimum atomic E-state index is -0.417. The summed E-state index contributed by atoms with van der Waals surface area (Å²) in [5.74, 6) is -0.747. The van der Waals surface area contributed by atoms with Gasteiger partial charge in [0.2, 0.25) is 0 Å². The zero-order valence-electron chi connectivity index (χ0n) is 9.32. The average Bonchev–Trinajstić information content (AvgIpc) is 2.46. The van der Waals surface area contributed by atoms with Crippen LogP contribution in [0.4, 0.5) is 0 Å². The minimum absolute atomic E-state index is 0.0828. The van der Waals surface area contributed by atoms with Gasteiger partial charge in [0.15, 0.2) is 0 Å². The van der Waals surface area contributed by atoms with Gasteiger partial charge in [-0.25, -0.2) is 5.01 Å². The van der Waals surface area contributed by atoms with Crippen molar-refractivity contribution in [2.24, 2.45) is 11.0 Å². The first-order valence-corrected chi connectivity index (χ1v) is 5.14. The molecule has 0 fully saturated rings. The molecular weight excluding hydrogens is 196 g/mol. The van der Waals surface area contributed by atoms with Crippen molar-refractivity contribution in [1.29, 1.82) is 0 Å². The molecule has 0 aromatic rings. The monoisotopic (exact) mass is 212 g/mol. The summed E-state index contributed by atoms with van der Waals surface area (Å²) in [5.41, 5.74) is 0.823. The largest absolute Gasteiger partial charge is 0.465 e. The third kappa shape index (κ3) is 2.55. The molecule has 15 heavy (non-hydrogen) atoms.